The molecule has 1 aliphatic heterocycles. The Morgan fingerprint density at radius 2 is 1.84 bits per heavy atom. The number of ketones is 1. The zero-order valence-corrected chi connectivity index (χ0v) is 13.1. The number of carbonyl (C=O) groups is 2. The van der Waals surface area contributed by atoms with E-state index in [2.05, 4.69) is 5.32 Å². The van der Waals surface area contributed by atoms with Gasteiger partial charge in [-0.1, -0.05) is 0 Å². The van der Waals surface area contributed by atoms with E-state index in [0.29, 0.717) is 11.5 Å². The second-order valence-corrected chi connectivity index (χ2v) is 5.22. The van der Waals surface area contributed by atoms with Crippen LogP contribution in [0, 0.1) is 11.6 Å². The lowest BCUT2D eigenvalue weighted by Crippen LogP contribution is -2.21. The molecule has 0 bridgehead atoms. The number of fused-ring (bicyclic) bond motifs is 1. The fourth-order valence-corrected chi connectivity index (χ4v) is 2.24. The van der Waals surface area contributed by atoms with Gasteiger partial charge in [0, 0.05) is 17.7 Å². The molecule has 0 atom stereocenters. The Labute approximate surface area is 141 Å². The highest BCUT2D eigenvalue weighted by Crippen LogP contribution is 2.37. The Balaban J connectivity index is 1.70. The average molecular weight is 349 g/mol. The number of hydrogen-bond donors (Lipinski definition) is 1. The first-order valence-corrected chi connectivity index (χ1v) is 7.26. The largest absolute Gasteiger partial charge is 0.484 e. The number of benzene rings is 2. The van der Waals surface area contributed by atoms with E-state index in [-0.39, 0.29) is 29.6 Å². The molecule has 0 aliphatic carbocycles. The molecule has 0 saturated heterocycles. The molecule has 130 valence electrons. The number of carbonyl (C=O) groups excluding carboxylic acids is 2. The molecule has 0 spiro atoms. The van der Waals surface area contributed by atoms with Crippen LogP contribution < -0.4 is 19.5 Å². The van der Waals surface area contributed by atoms with E-state index in [0.717, 1.165) is 12.1 Å². The SMILES string of the molecule is CC(=O)c1cc2c(cc1NC(=O)COc1ccc(F)c(F)c1)OCO2. The number of ether oxygens (including phenoxy) is 3. The Hall–Kier alpha value is -3.16. The topological polar surface area (TPSA) is 73.9 Å². The van der Waals surface area contributed by atoms with E-state index in [1.807, 2.05) is 0 Å². The smallest absolute Gasteiger partial charge is 0.262 e. The molecule has 0 fully saturated rings. The normalized spacial score (nSPS) is 12.0. The van der Waals surface area contributed by atoms with Crippen LogP contribution in [0.3, 0.4) is 0 Å². The highest BCUT2D eigenvalue weighted by molar-refractivity contribution is 6.04. The quantitative estimate of drug-likeness (QED) is 0.840. The van der Waals surface area contributed by atoms with Gasteiger partial charge in [-0.3, -0.25) is 9.59 Å². The summed E-state index contributed by atoms with van der Waals surface area (Å²) in [4.78, 5) is 23.8. The lowest BCUT2D eigenvalue weighted by Gasteiger charge is -2.11. The third-order valence-corrected chi connectivity index (χ3v) is 3.43. The summed E-state index contributed by atoms with van der Waals surface area (Å²) in [6.45, 7) is 0.936. The van der Waals surface area contributed by atoms with Gasteiger partial charge in [0.2, 0.25) is 6.79 Å². The maximum atomic E-state index is 13.1. The minimum atomic E-state index is -1.08. The molecule has 0 unspecified atom stereocenters. The lowest BCUT2D eigenvalue weighted by molar-refractivity contribution is -0.118. The Kier molecular flexibility index (Phi) is 4.51. The van der Waals surface area contributed by atoms with Crippen molar-refractivity contribution in [2.75, 3.05) is 18.7 Å². The molecule has 0 radical (unpaired) electrons. The molecule has 3 rings (SSSR count). The van der Waals surface area contributed by atoms with Crippen molar-refractivity contribution >= 4 is 17.4 Å². The van der Waals surface area contributed by atoms with Gasteiger partial charge in [-0.15, -0.1) is 0 Å². The molecule has 25 heavy (non-hydrogen) atoms. The molecule has 0 saturated carbocycles. The van der Waals surface area contributed by atoms with Crippen LogP contribution in [0.1, 0.15) is 17.3 Å². The summed E-state index contributed by atoms with van der Waals surface area (Å²) >= 11 is 0. The first kappa shape index (κ1) is 16.7. The van der Waals surface area contributed by atoms with Crippen molar-refractivity contribution in [3.63, 3.8) is 0 Å². The van der Waals surface area contributed by atoms with Crippen molar-refractivity contribution in [2.24, 2.45) is 0 Å². The van der Waals surface area contributed by atoms with Crippen molar-refractivity contribution in [1.82, 2.24) is 0 Å². The second-order valence-electron chi connectivity index (χ2n) is 5.22. The zero-order valence-electron chi connectivity index (χ0n) is 13.1. The summed E-state index contributed by atoms with van der Waals surface area (Å²) < 4.78 is 41.5. The van der Waals surface area contributed by atoms with E-state index in [1.54, 1.807) is 0 Å². The minimum absolute atomic E-state index is 0.00604. The number of hydrogen-bond acceptors (Lipinski definition) is 5. The van der Waals surface area contributed by atoms with Crippen LogP contribution in [0.2, 0.25) is 0 Å². The van der Waals surface area contributed by atoms with Crippen LogP contribution in [0.4, 0.5) is 14.5 Å². The van der Waals surface area contributed by atoms with E-state index in [4.69, 9.17) is 14.2 Å². The summed E-state index contributed by atoms with van der Waals surface area (Å²) in [5, 5.41) is 2.53. The van der Waals surface area contributed by atoms with Crippen LogP contribution in [-0.2, 0) is 4.79 Å². The molecule has 1 amide bonds. The fraction of sp³-hybridized carbons (Fsp3) is 0.176. The number of nitrogens with one attached hydrogen (secondary N) is 1. The number of halogens is 2. The first-order valence-electron chi connectivity index (χ1n) is 7.26. The Morgan fingerprint density at radius 1 is 1.12 bits per heavy atom. The average Bonchev–Trinajstić information content (AvgIpc) is 3.02. The fourth-order valence-electron chi connectivity index (χ4n) is 2.24. The van der Waals surface area contributed by atoms with E-state index >= 15 is 0 Å². The zero-order chi connectivity index (χ0) is 18.0. The maximum Gasteiger partial charge on any atom is 0.262 e. The molecular weight excluding hydrogens is 336 g/mol. The van der Waals surface area contributed by atoms with Gasteiger partial charge in [0.15, 0.2) is 35.5 Å². The van der Waals surface area contributed by atoms with E-state index in [1.165, 1.54) is 25.1 Å². The number of Topliss-reactive ketones (excluding diaryl/α,β-unsaturated/α-hetero) is 1. The molecule has 1 N–H and O–H groups in total. The molecule has 0 aromatic heterocycles. The highest BCUT2D eigenvalue weighted by atomic mass is 19.2. The summed E-state index contributed by atoms with van der Waals surface area (Å²) in [6, 6.07) is 5.90. The summed E-state index contributed by atoms with van der Waals surface area (Å²) in [7, 11) is 0. The molecule has 2 aromatic carbocycles. The summed E-state index contributed by atoms with van der Waals surface area (Å²) in [6.07, 6.45) is 0. The maximum absolute atomic E-state index is 13.1. The Morgan fingerprint density at radius 3 is 2.52 bits per heavy atom. The van der Waals surface area contributed by atoms with Gasteiger partial charge < -0.3 is 19.5 Å². The van der Waals surface area contributed by atoms with Crippen LogP contribution >= 0.6 is 0 Å². The predicted octanol–water partition coefficient (Wildman–Crippen LogP) is 2.91. The van der Waals surface area contributed by atoms with Crippen LogP contribution in [0.5, 0.6) is 17.2 Å². The monoisotopic (exact) mass is 349 g/mol. The third-order valence-electron chi connectivity index (χ3n) is 3.43. The van der Waals surface area contributed by atoms with Crippen LogP contribution in [-0.4, -0.2) is 25.1 Å². The van der Waals surface area contributed by atoms with Crippen molar-refractivity contribution in [3.05, 3.63) is 47.5 Å². The molecular formula is C17H13F2NO5. The van der Waals surface area contributed by atoms with Crippen molar-refractivity contribution in [2.45, 2.75) is 6.92 Å². The second kappa shape index (κ2) is 6.76. The van der Waals surface area contributed by atoms with Gasteiger partial charge in [0.05, 0.1) is 5.69 Å². The summed E-state index contributed by atoms with van der Waals surface area (Å²) in [5.74, 6) is -2.10. The number of rotatable bonds is 5. The van der Waals surface area contributed by atoms with Crippen molar-refractivity contribution < 1.29 is 32.6 Å². The highest BCUT2D eigenvalue weighted by Gasteiger charge is 2.20. The number of anilines is 1. The number of amides is 1. The van der Waals surface area contributed by atoms with Gasteiger partial charge in [0.25, 0.3) is 5.91 Å². The van der Waals surface area contributed by atoms with Gasteiger partial charge in [-0.25, -0.2) is 8.78 Å². The first-order chi connectivity index (χ1) is 11.9. The van der Waals surface area contributed by atoms with Crippen LogP contribution in [0.15, 0.2) is 30.3 Å². The van der Waals surface area contributed by atoms with Gasteiger partial charge in [-0.2, -0.15) is 0 Å². The van der Waals surface area contributed by atoms with Gasteiger partial charge in [0.1, 0.15) is 5.75 Å². The van der Waals surface area contributed by atoms with Gasteiger partial charge in [-0.05, 0) is 25.1 Å². The molecule has 1 aliphatic rings. The molecule has 6 nitrogen and oxygen atoms in total. The van der Waals surface area contributed by atoms with Crippen molar-refractivity contribution in [3.8, 4) is 17.2 Å². The molecule has 1 heterocycles. The van der Waals surface area contributed by atoms with Gasteiger partial charge >= 0.3 is 0 Å². The Bertz CT molecular complexity index is 853. The van der Waals surface area contributed by atoms with E-state index in [9.17, 15) is 18.4 Å². The molecule has 8 heteroatoms. The minimum Gasteiger partial charge on any atom is -0.484 e. The summed E-state index contributed by atoms with van der Waals surface area (Å²) in [5.41, 5.74) is 0.501. The standard InChI is InChI=1S/C17H13F2NO5/c1-9(21)11-5-15-16(25-8-24-15)6-14(11)20-17(22)7-23-10-2-3-12(18)13(19)4-10/h2-6H,7-8H2,1H3,(H,20,22). The van der Waals surface area contributed by atoms with Crippen molar-refractivity contribution in [1.29, 1.82) is 0 Å². The molecule has 2 aromatic rings. The lowest BCUT2D eigenvalue weighted by atomic mass is 10.1. The van der Waals surface area contributed by atoms with E-state index < -0.39 is 24.1 Å². The predicted molar refractivity (Wildman–Crippen MR) is 83.1 cm³/mol. The van der Waals surface area contributed by atoms with Crippen LogP contribution in [0.25, 0.3) is 0 Å². The third kappa shape index (κ3) is 3.68.